The summed E-state index contributed by atoms with van der Waals surface area (Å²) in [5.74, 6) is -1.15. The number of hydrogen-bond donors (Lipinski definition) is 3. The van der Waals surface area contributed by atoms with E-state index in [0.29, 0.717) is 18.7 Å². The Bertz CT molecular complexity index is 994. The molecule has 4 rings (SSSR count). The van der Waals surface area contributed by atoms with E-state index in [9.17, 15) is 19.5 Å². The fourth-order valence-electron chi connectivity index (χ4n) is 6.08. The lowest BCUT2D eigenvalue weighted by molar-refractivity contribution is -0.141. The van der Waals surface area contributed by atoms with Crippen LogP contribution in [0.1, 0.15) is 47.0 Å². The molecule has 0 radical (unpaired) electrons. The number of aliphatic hydroxyl groups excluding tert-OH is 1. The van der Waals surface area contributed by atoms with E-state index in [1.165, 1.54) is 0 Å². The summed E-state index contributed by atoms with van der Waals surface area (Å²) in [4.78, 5) is 42.7. The van der Waals surface area contributed by atoms with Gasteiger partial charge in [0.2, 0.25) is 17.7 Å². The van der Waals surface area contributed by atoms with Gasteiger partial charge in [-0.2, -0.15) is 0 Å². The van der Waals surface area contributed by atoms with Crippen molar-refractivity contribution >= 4 is 51.1 Å². The number of amides is 3. The smallest absolute Gasteiger partial charge is 0.244 e. The van der Waals surface area contributed by atoms with Crippen LogP contribution in [0.4, 0.5) is 5.69 Å². The molecule has 3 aliphatic rings. The minimum atomic E-state index is -0.741. The Morgan fingerprint density at radius 2 is 1.94 bits per heavy atom. The molecule has 8 atom stereocenters. The summed E-state index contributed by atoms with van der Waals surface area (Å²) in [6.45, 7) is 7.99. The number of aliphatic hydroxyl groups is 1. The molecule has 1 aromatic carbocycles. The Kier molecular flexibility index (Phi) is 8.26. The Morgan fingerprint density at radius 1 is 1.25 bits per heavy atom. The molecule has 3 N–H and O–H groups in total. The van der Waals surface area contributed by atoms with E-state index in [1.54, 1.807) is 47.9 Å². The highest BCUT2D eigenvalue weighted by Gasteiger charge is 2.76. The van der Waals surface area contributed by atoms with Crippen molar-refractivity contribution in [2.45, 2.75) is 79.9 Å². The van der Waals surface area contributed by atoms with Gasteiger partial charge in [0.1, 0.15) is 11.8 Å². The van der Waals surface area contributed by atoms with E-state index in [4.69, 9.17) is 4.74 Å². The van der Waals surface area contributed by atoms with E-state index in [0.717, 1.165) is 18.6 Å². The number of benzene rings is 1. The zero-order valence-electron chi connectivity index (χ0n) is 21.2. The highest BCUT2D eigenvalue weighted by molar-refractivity contribution is 9.09. The molecule has 198 valence electrons. The van der Waals surface area contributed by atoms with Crippen LogP contribution in [0.25, 0.3) is 0 Å². The van der Waals surface area contributed by atoms with Crippen molar-refractivity contribution in [2.24, 2.45) is 11.8 Å². The number of carbonyl (C=O) groups excluding carboxylic acids is 3. The van der Waals surface area contributed by atoms with Crippen LogP contribution in [-0.2, 0) is 14.4 Å². The maximum Gasteiger partial charge on any atom is 0.244 e. The number of alkyl halides is 1. The second-order valence-corrected chi connectivity index (χ2v) is 12.8. The fourth-order valence-corrected chi connectivity index (χ4v) is 9.68. The normalized spacial score (nSPS) is 32.2. The van der Waals surface area contributed by atoms with Gasteiger partial charge in [0.25, 0.3) is 0 Å². The molecule has 3 amide bonds. The first-order chi connectivity index (χ1) is 17.2. The predicted molar refractivity (Wildman–Crippen MR) is 144 cm³/mol. The van der Waals surface area contributed by atoms with Crippen LogP contribution in [-0.4, -0.2) is 73.9 Å². The van der Waals surface area contributed by atoms with Crippen LogP contribution in [0.5, 0.6) is 5.75 Å². The third-order valence-corrected chi connectivity index (χ3v) is 10.8. The van der Waals surface area contributed by atoms with Gasteiger partial charge >= 0.3 is 0 Å². The molecule has 1 aromatic rings. The topological polar surface area (TPSA) is 108 Å². The quantitative estimate of drug-likeness (QED) is 0.366. The van der Waals surface area contributed by atoms with Gasteiger partial charge in [-0.1, -0.05) is 29.3 Å². The Labute approximate surface area is 225 Å². The molecule has 3 fully saturated rings. The minimum absolute atomic E-state index is 0.00428. The molecule has 3 heterocycles. The van der Waals surface area contributed by atoms with Crippen molar-refractivity contribution in [3.8, 4) is 5.75 Å². The van der Waals surface area contributed by atoms with Crippen LogP contribution in [0.3, 0.4) is 0 Å². The summed E-state index contributed by atoms with van der Waals surface area (Å²) >= 11 is 5.36. The third-order valence-electron chi connectivity index (χ3n) is 7.56. The van der Waals surface area contributed by atoms with E-state index in [2.05, 4.69) is 33.5 Å². The number of ether oxygens (including phenoxy) is 1. The second kappa shape index (κ2) is 10.9. The van der Waals surface area contributed by atoms with Crippen molar-refractivity contribution in [1.82, 2.24) is 10.2 Å². The summed E-state index contributed by atoms with van der Waals surface area (Å²) in [5, 5.41) is 15.9. The molecule has 8 nitrogen and oxygen atoms in total. The molecule has 36 heavy (non-hydrogen) atoms. The van der Waals surface area contributed by atoms with Gasteiger partial charge in [-0.15, -0.1) is 11.8 Å². The predicted octanol–water partition coefficient (Wildman–Crippen LogP) is 3.17. The van der Waals surface area contributed by atoms with Crippen LogP contribution in [0.2, 0.25) is 0 Å². The molecule has 2 bridgehead atoms. The monoisotopic (exact) mass is 581 g/mol. The van der Waals surface area contributed by atoms with Gasteiger partial charge < -0.3 is 25.4 Å². The first-order valence-corrected chi connectivity index (χ1v) is 14.6. The van der Waals surface area contributed by atoms with E-state index < -0.39 is 28.7 Å². The van der Waals surface area contributed by atoms with Crippen molar-refractivity contribution in [3.63, 3.8) is 0 Å². The number of carbonyl (C=O) groups is 3. The fraction of sp³-hybridized carbons (Fsp3) is 0.654. The summed E-state index contributed by atoms with van der Waals surface area (Å²) in [7, 11) is 0. The molecular formula is C26H36BrN3O5S. The Hall–Kier alpha value is -1.78. The van der Waals surface area contributed by atoms with Crippen molar-refractivity contribution in [1.29, 1.82) is 0 Å². The van der Waals surface area contributed by atoms with Crippen molar-refractivity contribution < 1.29 is 24.2 Å². The van der Waals surface area contributed by atoms with Gasteiger partial charge in [0.05, 0.1) is 35.8 Å². The lowest BCUT2D eigenvalue weighted by Crippen LogP contribution is -2.57. The molecule has 3 aliphatic heterocycles. The third kappa shape index (κ3) is 4.65. The van der Waals surface area contributed by atoms with E-state index >= 15 is 0 Å². The van der Waals surface area contributed by atoms with Gasteiger partial charge in [0.15, 0.2) is 0 Å². The first-order valence-electron chi connectivity index (χ1n) is 12.8. The number of thioether (sulfide) groups is 1. The SMILES string of the molecule is CCCC(C)NC(=O)C1N([C@H](C)CO)C(=O)[C@@H]2[C@H](C(=O)Nc3ccc(OCC)cc3)[C@H]3SC12CC3Br. The van der Waals surface area contributed by atoms with Crippen molar-refractivity contribution in [2.75, 3.05) is 18.5 Å². The molecule has 0 saturated carbocycles. The average molecular weight is 583 g/mol. The summed E-state index contributed by atoms with van der Waals surface area (Å²) in [6, 6.07) is 5.87. The largest absolute Gasteiger partial charge is 0.494 e. The van der Waals surface area contributed by atoms with Crippen LogP contribution in [0, 0.1) is 11.8 Å². The maximum absolute atomic E-state index is 13.9. The second-order valence-electron chi connectivity index (χ2n) is 10.1. The van der Waals surface area contributed by atoms with Gasteiger partial charge in [0, 0.05) is 21.8 Å². The number of hydrogen-bond acceptors (Lipinski definition) is 6. The standard InChI is InChI=1S/C26H36BrN3O5S/c1-5-7-14(3)28-24(33)22-26-12-18(27)21(36-26)19(20(26)25(34)30(22)15(4)13-31)23(32)29-16-8-10-17(11-9-16)35-6-2/h8-11,14-15,18-22,31H,5-7,12-13H2,1-4H3,(H,28,33)(H,29,32)/t14?,15-,18?,19+,20+,21+,22?,26?/m1/s1. The van der Waals surface area contributed by atoms with E-state index in [1.807, 2.05) is 13.8 Å². The molecule has 4 unspecified atom stereocenters. The first kappa shape index (κ1) is 27.3. The summed E-state index contributed by atoms with van der Waals surface area (Å²) in [5.41, 5.74) is 0.630. The van der Waals surface area contributed by atoms with Crippen LogP contribution in [0.15, 0.2) is 24.3 Å². The van der Waals surface area contributed by atoms with Crippen LogP contribution < -0.4 is 15.4 Å². The summed E-state index contributed by atoms with van der Waals surface area (Å²) in [6.07, 6.45) is 2.38. The van der Waals surface area contributed by atoms with Crippen molar-refractivity contribution in [3.05, 3.63) is 24.3 Å². The Morgan fingerprint density at radius 3 is 2.56 bits per heavy atom. The zero-order valence-corrected chi connectivity index (χ0v) is 23.6. The number of nitrogens with zero attached hydrogens (tertiary/aromatic N) is 1. The number of anilines is 1. The summed E-state index contributed by atoms with van der Waals surface area (Å²) < 4.78 is 4.75. The number of rotatable bonds is 10. The minimum Gasteiger partial charge on any atom is -0.494 e. The molecule has 3 saturated heterocycles. The molecule has 0 aromatic heterocycles. The van der Waals surface area contributed by atoms with Gasteiger partial charge in [-0.05, 0) is 57.9 Å². The lowest BCUT2D eigenvalue weighted by Gasteiger charge is -2.37. The zero-order chi connectivity index (χ0) is 26.2. The highest BCUT2D eigenvalue weighted by Crippen LogP contribution is 2.68. The number of nitrogens with one attached hydrogen (secondary N) is 2. The molecule has 1 spiro atoms. The Balaban J connectivity index is 1.64. The van der Waals surface area contributed by atoms with E-state index in [-0.39, 0.29) is 40.4 Å². The molecule has 0 aliphatic carbocycles. The lowest BCUT2D eigenvalue weighted by atomic mass is 9.70. The number of fused-ring (bicyclic) bond motifs is 1. The molecule has 10 heteroatoms. The number of halogens is 1. The number of likely N-dealkylation sites (tertiary alicyclic amines) is 1. The van der Waals surface area contributed by atoms with Gasteiger partial charge in [-0.25, -0.2) is 0 Å². The molecular weight excluding hydrogens is 546 g/mol. The average Bonchev–Trinajstić information content (AvgIpc) is 3.43. The van der Waals surface area contributed by atoms with Gasteiger partial charge in [-0.3, -0.25) is 14.4 Å². The maximum atomic E-state index is 13.9. The highest BCUT2D eigenvalue weighted by atomic mass is 79.9. The van der Waals surface area contributed by atoms with Crippen LogP contribution >= 0.6 is 27.7 Å².